The van der Waals surface area contributed by atoms with Crippen molar-refractivity contribution in [3.05, 3.63) is 82.6 Å². The molecule has 0 aliphatic heterocycles. The van der Waals surface area contributed by atoms with Gasteiger partial charge in [0.25, 0.3) is 0 Å². The summed E-state index contributed by atoms with van der Waals surface area (Å²) in [7, 11) is 0. The maximum Gasteiger partial charge on any atom is 0.306 e. The second-order valence-corrected chi connectivity index (χ2v) is 8.74. The molecule has 3 aromatic carbocycles. The zero-order valence-corrected chi connectivity index (χ0v) is 21.6. The number of halogens is 2. The van der Waals surface area contributed by atoms with E-state index in [0.29, 0.717) is 54.7 Å². The van der Waals surface area contributed by atoms with Gasteiger partial charge in [-0.15, -0.1) is 0 Å². The van der Waals surface area contributed by atoms with Crippen LogP contribution < -0.4 is 14.2 Å². The molecule has 0 saturated heterocycles. The van der Waals surface area contributed by atoms with Crippen molar-refractivity contribution in [1.29, 1.82) is 0 Å². The second kappa shape index (κ2) is 13.7. The first-order valence-corrected chi connectivity index (χ1v) is 12.6. The van der Waals surface area contributed by atoms with Crippen LogP contribution in [0.2, 0.25) is 5.02 Å². The predicted molar refractivity (Wildman–Crippen MR) is 139 cm³/mol. The molecule has 0 radical (unpaired) electrons. The highest BCUT2D eigenvalue weighted by Gasteiger charge is 2.13. The van der Waals surface area contributed by atoms with E-state index < -0.39 is 0 Å². The molecule has 0 amide bonds. The predicted octanol–water partition coefficient (Wildman–Crippen LogP) is 7.57. The van der Waals surface area contributed by atoms with Crippen molar-refractivity contribution in [2.24, 2.45) is 0 Å². The van der Waals surface area contributed by atoms with E-state index in [2.05, 4.69) is 6.92 Å². The van der Waals surface area contributed by atoms with Gasteiger partial charge >= 0.3 is 5.97 Å². The fraction of sp³-hybridized carbons (Fsp3) is 0.345. The van der Waals surface area contributed by atoms with E-state index >= 15 is 0 Å². The molecule has 5 nitrogen and oxygen atoms in total. The highest BCUT2D eigenvalue weighted by Crippen LogP contribution is 2.35. The average molecular weight is 515 g/mol. The SMILES string of the molecule is CCOC(=O)CCc1ccc(OCC[C@H](C)Oc2ccc(Cl)cc2Oc2ccc(F)cc2)cc1CC. The van der Waals surface area contributed by atoms with Gasteiger partial charge in [-0.2, -0.15) is 0 Å². The molecule has 0 aliphatic rings. The minimum atomic E-state index is -0.337. The summed E-state index contributed by atoms with van der Waals surface area (Å²) in [6.07, 6.45) is 2.35. The zero-order valence-electron chi connectivity index (χ0n) is 20.9. The van der Waals surface area contributed by atoms with Gasteiger partial charge in [-0.1, -0.05) is 24.6 Å². The third kappa shape index (κ3) is 8.45. The van der Waals surface area contributed by atoms with Gasteiger partial charge in [-0.05, 0) is 86.3 Å². The van der Waals surface area contributed by atoms with Gasteiger partial charge in [0.05, 0.1) is 19.3 Å². The van der Waals surface area contributed by atoms with Crippen LogP contribution in [-0.4, -0.2) is 25.3 Å². The Morgan fingerprint density at radius 1 is 0.944 bits per heavy atom. The number of ether oxygens (including phenoxy) is 4. The Hall–Kier alpha value is -3.25. The zero-order chi connectivity index (χ0) is 25.9. The summed E-state index contributed by atoms with van der Waals surface area (Å²) in [5, 5.41) is 0.507. The molecule has 0 fully saturated rings. The van der Waals surface area contributed by atoms with Crippen LogP contribution in [0.15, 0.2) is 60.7 Å². The van der Waals surface area contributed by atoms with Crippen LogP contribution in [0.25, 0.3) is 0 Å². The number of hydrogen-bond donors (Lipinski definition) is 0. The van der Waals surface area contributed by atoms with E-state index in [-0.39, 0.29) is 17.9 Å². The molecule has 0 bridgehead atoms. The van der Waals surface area contributed by atoms with Crippen LogP contribution in [0.5, 0.6) is 23.0 Å². The Kier molecular flexibility index (Phi) is 10.4. The number of carbonyl (C=O) groups excluding carboxylic acids is 1. The maximum absolute atomic E-state index is 13.2. The van der Waals surface area contributed by atoms with Crippen molar-refractivity contribution < 1.29 is 28.1 Å². The van der Waals surface area contributed by atoms with Crippen molar-refractivity contribution >= 4 is 17.6 Å². The summed E-state index contributed by atoms with van der Waals surface area (Å²) >= 11 is 6.14. The summed E-state index contributed by atoms with van der Waals surface area (Å²) in [5.74, 6) is 1.74. The lowest BCUT2D eigenvalue weighted by Crippen LogP contribution is -2.16. The Morgan fingerprint density at radius 2 is 1.69 bits per heavy atom. The van der Waals surface area contributed by atoms with E-state index in [0.717, 1.165) is 23.3 Å². The molecule has 3 aromatic rings. The van der Waals surface area contributed by atoms with Crippen molar-refractivity contribution in [3.63, 3.8) is 0 Å². The Morgan fingerprint density at radius 3 is 2.42 bits per heavy atom. The lowest BCUT2D eigenvalue weighted by atomic mass is 10.0. The number of aryl methyl sites for hydroxylation is 2. The normalized spacial score (nSPS) is 11.6. The van der Waals surface area contributed by atoms with Gasteiger partial charge in [0.1, 0.15) is 17.3 Å². The van der Waals surface area contributed by atoms with Crippen molar-refractivity contribution in [2.45, 2.75) is 52.6 Å². The van der Waals surface area contributed by atoms with Gasteiger partial charge in [0, 0.05) is 23.9 Å². The van der Waals surface area contributed by atoms with Crippen LogP contribution in [-0.2, 0) is 22.4 Å². The molecule has 0 saturated carbocycles. The molecule has 0 aromatic heterocycles. The van der Waals surface area contributed by atoms with Gasteiger partial charge in [-0.3, -0.25) is 4.79 Å². The number of carbonyl (C=O) groups is 1. The summed E-state index contributed by atoms with van der Waals surface area (Å²) in [5.41, 5.74) is 2.29. The van der Waals surface area contributed by atoms with E-state index in [4.69, 9.17) is 30.5 Å². The smallest absolute Gasteiger partial charge is 0.306 e. The molecule has 0 spiro atoms. The second-order valence-electron chi connectivity index (χ2n) is 8.30. The Labute approximate surface area is 217 Å². The number of hydrogen-bond acceptors (Lipinski definition) is 5. The maximum atomic E-state index is 13.2. The summed E-state index contributed by atoms with van der Waals surface area (Å²) in [6, 6.07) is 16.9. The number of benzene rings is 3. The van der Waals surface area contributed by atoms with Crippen LogP contribution in [0.1, 0.15) is 44.7 Å². The highest BCUT2D eigenvalue weighted by atomic mass is 35.5. The quantitative estimate of drug-likeness (QED) is 0.220. The van der Waals surface area contributed by atoms with E-state index in [1.54, 1.807) is 30.3 Å². The van der Waals surface area contributed by atoms with Crippen LogP contribution in [0.4, 0.5) is 4.39 Å². The number of esters is 1. The Balaban J connectivity index is 1.54. The van der Waals surface area contributed by atoms with E-state index in [1.165, 1.54) is 12.1 Å². The Bertz CT molecular complexity index is 1130. The van der Waals surface area contributed by atoms with Crippen LogP contribution in [0, 0.1) is 5.82 Å². The molecule has 1 atom stereocenters. The molecule has 36 heavy (non-hydrogen) atoms. The first-order valence-electron chi connectivity index (χ1n) is 12.2. The van der Waals surface area contributed by atoms with Gasteiger partial charge < -0.3 is 18.9 Å². The topological polar surface area (TPSA) is 54.0 Å². The lowest BCUT2D eigenvalue weighted by Gasteiger charge is -2.18. The summed E-state index contributed by atoms with van der Waals surface area (Å²) in [4.78, 5) is 11.7. The summed E-state index contributed by atoms with van der Waals surface area (Å²) < 4.78 is 36.2. The summed E-state index contributed by atoms with van der Waals surface area (Å²) in [6.45, 7) is 6.71. The fourth-order valence-electron chi connectivity index (χ4n) is 3.64. The van der Waals surface area contributed by atoms with E-state index in [9.17, 15) is 9.18 Å². The molecular formula is C29H32ClFO5. The van der Waals surface area contributed by atoms with Gasteiger partial charge in [-0.25, -0.2) is 4.39 Å². The lowest BCUT2D eigenvalue weighted by molar-refractivity contribution is -0.143. The first kappa shape index (κ1) is 27.3. The monoisotopic (exact) mass is 514 g/mol. The van der Waals surface area contributed by atoms with Crippen molar-refractivity contribution in [2.75, 3.05) is 13.2 Å². The first-order chi connectivity index (χ1) is 17.4. The largest absolute Gasteiger partial charge is 0.493 e. The molecule has 3 rings (SSSR count). The third-order valence-electron chi connectivity index (χ3n) is 5.53. The average Bonchev–Trinajstić information content (AvgIpc) is 2.86. The van der Waals surface area contributed by atoms with Gasteiger partial charge in [0.2, 0.25) is 0 Å². The van der Waals surface area contributed by atoms with E-state index in [1.807, 2.05) is 32.0 Å². The standard InChI is InChI=1S/C29H32ClFO5/c1-4-21-18-26(11-6-22(21)7-15-29(32)33-5-2)34-17-16-20(3)35-27-14-8-23(30)19-28(27)36-25-12-9-24(31)10-13-25/h6,8-14,18-20H,4-5,7,15-17H2,1-3H3/t20-/m0/s1. The molecule has 192 valence electrons. The molecule has 0 unspecified atom stereocenters. The number of rotatable bonds is 13. The molecular weight excluding hydrogens is 483 g/mol. The third-order valence-corrected chi connectivity index (χ3v) is 5.77. The highest BCUT2D eigenvalue weighted by molar-refractivity contribution is 6.30. The van der Waals surface area contributed by atoms with Crippen LogP contribution >= 0.6 is 11.6 Å². The molecule has 0 aliphatic carbocycles. The van der Waals surface area contributed by atoms with Crippen molar-refractivity contribution in [1.82, 2.24) is 0 Å². The molecule has 0 N–H and O–H groups in total. The minimum absolute atomic E-state index is 0.156. The molecule has 0 heterocycles. The minimum Gasteiger partial charge on any atom is -0.493 e. The van der Waals surface area contributed by atoms with Crippen molar-refractivity contribution in [3.8, 4) is 23.0 Å². The molecule has 7 heteroatoms. The van der Waals surface area contributed by atoms with Gasteiger partial charge in [0.15, 0.2) is 11.5 Å². The fourth-order valence-corrected chi connectivity index (χ4v) is 3.80. The van der Waals surface area contributed by atoms with Crippen LogP contribution in [0.3, 0.4) is 0 Å².